The van der Waals surface area contributed by atoms with Gasteiger partial charge in [-0.25, -0.2) is 14.6 Å². The molecule has 6 heterocycles. The summed E-state index contributed by atoms with van der Waals surface area (Å²) >= 11 is 8.54. The third kappa shape index (κ3) is 7.42. The average Bonchev–Trinajstić information content (AvgIpc) is 3.37. The van der Waals surface area contributed by atoms with Crippen LogP contribution in [0.25, 0.3) is 0 Å². The average molecular weight is 821 g/mol. The van der Waals surface area contributed by atoms with Gasteiger partial charge in [0.1, 0.15) is 29.4 Å². The number of hydrogen-bond donors (Lipinski definition) is 6. The molecule has 0 unspecified atom stereocenters. The molecule has 0 aliphatic carbocycles. The van der Waals surface area contributed by atoms with Crippen LogP contribution in [0.4, 0.5) is 0 Å². The lowest BCUT2D eigenvalue weighted by Crippen LogP contribution is -2.72. The summed E-state index contributed by atoms with van der Waals surface area (Å²) in [6.45, 7) is 8.24. The number of phenols is 2. The van der Waals surface area contributed by atoms with Gasteiger partial charge in [-0.15, -0.1) is 23.1 Å². The Kier molecular flexibility index (Phi) is 10.8. The number of halogens is 1. The maximum absolute atomic E-state index is 13.8. The zero-order valence-electron chi connectivity index (χ0n) is 30.1. The number of benzene rings is 1. The number of nitrogens with zero attached hydrogens (tertiary/aromatic N) is 6. The number of fused-ring (bicyclic) bond motifs is 5. The predicted molar refractivity (Wildman–Crippen MR) is 198 cm³/mol. The summed E-state index contributed by atoms with van der Waals surface area (Å²) in [6, 6.07) is 0.958. The van der Waals surface area contributed by atoms with E-state index in [1.165, 1.54) is 47.9 Å². The minimum atomic E-state index is -1.78. The zero-order valence-corrected chi connectivity index (χ0v) is 32.4. The molecule has 6 N–H and O–H groups in total. The van der Waals surface area contributed by atoms with Crippen molar-refractivity contribution in [3.05, 3.63) is 50.1 Å². The molecule has 4 saturated heterocycles. The number of nitrogens with one attached hydrogen (secondary N) is 1. The van der Waals surface area contributed by atoms with E-state index < -0.39 is 58.2 Å². The van der Waals surface area contributed by atoms with Gasteiger partial charge in [0, 0.05) is 40.7 Å². The van der Waals surface area contributed by atoms with Gasteiger partial charge < -0.3 is 45.2 Å². The van der Waals surface area contributed by atoms with Crippen molar-refractivity contribution >= 4 is 75.8 Å². The van der Waals surface area contributed by atoms with Gasteiger partial charge in [0.2, 0.25) is 5.60 Å². The first-order valence-corrected chi connectivity index (χ1v) is 19.4. The number of oxime groups is 2. The summed E-state index contributed by atoms with van der Waals surface area (Å²) in [6.07, 6.45) is 1.14. The molecule has 3 amide bonds. The van der Waals surface area contributed by atoms with Gasteiger partial charge >= 0.3 is 11.9 Å². The molecule has 18 nitrogen and oxygen atoms in total. The van der Waals surface area contributed by atoms with E-state index in [1.54, 1.807) is 17.2 Å². The second kappa shape index (κ2) is 15.0. The molecule has 1 aromatic heterocycles. The molecule has 55 heavy (non-hydrogen) atoms. The lowest BCUT2D eigenvalue weighted by molar-refractivity contribution is -0.925. The first-order chi connectivity index (χ1) is 25.9. The van der Waals surface area contributed by atoms with Gasteiger partial charge in [0.05, 0.1) is 36.2 Å². The Bertz CT molecular complexity index is 2040. The molecule has 0 radical (unpaired) electrons. The molecule has 5 aliphatic rings. The van der Waals surface area contributed by atoms with Crippen LogP contribution in [-0.2, 0) is 28.8 Å². The molecule has 1 aromatic carbocycles. The molecule has 7 rings (SSSR count). The van der Waals surface area contributed by atoms with Crippen molar-refractivity contribution in [1.29, 1.82) is 0 Å². The number of β-lactam (4-membered cyclic amide) rings is 1. The monoisotopic (exact) mass is 820 g/mol. The number of piperidine rings is 1. The number of thioether (sulfide) groups is 1. The minimum absolute atomic E-state index is 0.0144. The van der Waals surface area contributed by atoms with Crippen molar-refractivity contribution in [2.45, 2.75) is 68.8 Å². The van der Waals surface area contributed by atoms with Crippen LogP contribution in [-0.4, -0.2) is 147 Å². The van der Waals surface area contributed by atoms with E-state index in [9.17, 15) is 49.6 Å². The normalized spacial score (nSPS) is 25.6. The number of aromatic nitrogens is 1. The molecule has 2 aromatic rings. The van der Waals surface area contributed by atoms with Gasteiger partial charge in [0.15, 0.2) is 22.9 Å². The fraction of sp³-hybridized carbons (Fsp3) is 0.471. The molecule has 0 saturated carbocycles. The van der Waals surface area contributed by atoms with Crippen LogP contribution in [0.5, 0.6) is 11.5 Å². The highest BCUT2D eigenvalue weighted by atomic mass is 35.5. The van der Waals surface area contributed by atoms with Crippen LogP contribution in [0, 0.1) is 6.92 Å². The minimum Gasteiger partial charge on any atom is -0.504 e. The third-order valence-corrected chi connectivity index (χ3v) is 12.9. The summed E-state index contributed by atoms with van der Waals surface area (Å²) < 4.78 is 0.446. The molecular formula is C34H39ClN7O11S2+. The number of carboxylic acids is 2. The summed E-state index contributed by atoms with van der Waals surface area (Å²) in [5.41, 5.74) is -1.97. The Morgan fingerprint density at radius 3 is 2.40 bits per heavy atom. The predicted octanol–water partition coefficient (Wildman–Crippen LogP) is 1.93. The fourth-order valence-corrected chi connectivity index (χ4v) is 9.48. The van der Waals surface area contributed by atoms with Gasteiger partial charge in [-0.2, -0.15) is 0 Å². The zero-order chi connectivity index (χ0) is 40.1. The Balaban J connectivity index is 1.20. The molecule has 0 spiro atoms. The highest BCUT2D eigenvalue weighted by molar-refractivity contribution is 8.00. The second-order valence-electron chi connectivity index (χ2n) is 14.3. The van der Waals surface area contributed by atoms with Gasteiger partial charge in [-0.05, 0) is 39.8 Å². The van der Waals surface area contributed by atoms with Crippen molar-refractivity contribution < 1.29 is 58.9 Å². The fourth-order valence-electron chi connectivity index (χ4n) is 7.23. The number of aliphatic carboxylic acids is 2. The summed E-state index contributed by atoms with van der Waals surface area (Å²) in [4.78, 5) is 77.8. The number of carbonyl (C=O) groups is 5. The van der Waals surface area contributed by atoms with E-state index >= 15 is 0 Å². The number of aromatic hydroxyl groups is 2. The standard InChI is InChI=1S/C34H38ClN7O11S2/c1-15-19(13-42-8-5-18(6-9-42)40(7-10-42)29(46)23(38-52)17-11-20(35)27(44)22(43)12-17)26(32(48)49)41-30(47)25(31(41)55-15)37-28(45)24(21-14-54-16(2)36-21)39-53-34(3,4)33(50)51/h11-12,14-15,18,25,31H,5-10,13H2,1-4H3,(H5-,37,38,39,43,44,45,46,48,49,50,51,52)/p+1/t15-,18?,25+,31+,42?/m0/s1. The Morgan fingerprint density at radius 1 is 1.13 bits per heavy atom. The van der Waals surface area contributed by atoms with Crippen LogP contribution in [0.3, 0.4) is 0 Å². The molecule has 21 heteroatoms. The number of carbonyl (C=O) groups excluding carboxylic acids is 3. The molecular weight excluding hydrogens is 782 g/mol. The van der Waals surface area contributed by atoms with E-state index in [0.29, 0.717) is 47.5 Å². The van der Waals surface area contributed by atoms with Crippen LogP contribution >= 0.6 is 34.7 Å². The number of amides is 3. The molecule has 4 fully saturated rings. The first kappa shape index (κ1) is 39.8. The van der Waals surface area contributed by atoms with Gasteiger partial charge in [-0.3, -0.25) is 19.3 Å². The lowest BCUT2D eigenvalue weighted by Gasteiger charge is -2.52. The van der Waals surface area contributed by atoms with Crippen molar-refractivity contribution in [3.8, 4) is 11.5 Å². The SMILES string of the molecule is Cc1nc(/C(=N/OC(C)(C)C(=O)O)C(=O)N[C@@H]2C(=O)N3C(C(=O)O)=C(C[N+]45CCC(CC4)N(C(=O)C(=NO)c4cc(O)c(O)c(Cl)c4)CC5)[C@H](C)S[C@H]23)cs1. The number of phenolic OH excluding ortho intramolecular Hbond substituents is 2. The third-order valence-electron chi connectivity index (χ3n) is 10.4. The van der Waals surface area contributed by atoms with Crippen molar-refractivity contribution in [2.75, 3.05) is 32.7 Å². The summed E-state index contributed by atoms with van der Waals surface area (Å²) in [7, 11) is 0. The maximum atomic E-state index is 13.8. The Labute approximate surface area is 327 Å². The Morgan fingerprint density at radius 2 is 1.82 bits per heavy atom. The number of aryl methyl sites for hydroxylation is 1. The topological polar surface area (TPSA) is 252 Å². The highest BCUT2D eigenvalue weighted by Crippen LogP contribution is 2.45. The number of rotatable bonds is 11. The van der Waals surface area contributed by atoms with Crippen LogP contribution in [0.2, 0.25) is 5.02 Å². The number of quaternary nitrogens is 1. The second-order valence-corrected chi connectivity index (χ2v) is 17.2. The summed E-state index contributed by atoms with van der Waals surface area (Å²) in [5, 5.41) is 60.1. The number of carboxylic acid groups (broad SMARTS) is 2. The van der Waals surface area contributed by atoms with Crippen molar-refractivity contribution in [2.24, 2.45) is 10.3 Å². The molecule has 2 bridgehead atoms. The number of hydrogen-bond acceptors (Lipinski definition) is 14. The van der Waals surface area contributed by atoms with Crippen molar-refractivity contribution in [1.82, 2.24) is 20.1 Å². The van der Waals surface area contributed by atoms with Crippen LogP contribution < -0.4 is 5.32 Å². The van der Waals surface area contributed by atoms with Crippen LogP contribution in [0.15, 0.2) is 39.1 Å². The van der Waals surface area contributed by atoms with E-state index in [0.717, 1.165) is 6.07 Å². The van der Waals surface area contributed by atoms with Crippen molar-refractivity contribution in [3.63, 3.8) is 0 Å². The largest absolute Gasteiger partial charge is 0.504 e. The van der Waals surface area contributed by atoms with E-state index in [1.807, 2.05) is 6.92 Å². The summed E-state index contributed by atoms with van der Waals surface area (Å²) in [5.74, 6) is -5.87. The molecule has 5 aliphatic heterocycles. The highest BCUT2D eigenvalue weighted by Gasteiger charge is 2.57. The Hall–Kier alpha value is -4.92. The lowest BCUT2D eigenvalue weighted by atomic mass is 9.97. The number of thiazole rings is 1. The maximum Gasteiger partial charge on any atom is 0.352 e. The van der Waals surface area contributed by atoms with E-state index in [-0.39, 0.29) is 57.8 Å². The first-order valence-electron chi connectivity index (χ1n) is 17.2. The molecule has 3 atom stereocenters. The van der Waals surface area contributed by atoms with E-state index in [2.05, 4.69) is 20.6 Å². The quantitative estimate of drug-likeness (QED) is 0.0474. The van der Waals surface area contributed by atoms with Gasteiger partial charge in [0.25, 0.3) is 17.7 Å². The molecule has 294 valence electrons. The van der Waals surface area contributed by atoms with E-state index in [4.69, 9.17) is 16.4 Å². The van der Waals surface area contributed by atoms with Gasteiger partial charge in [-0.1, -0.05) is 21.9 Å². The smallest absolute Gasteiger partial charge is 0.352 e. The van der Waals surface area contributed by atoms with Crippen LogP contribution in [0.1, 0.15) is 49.9 Å².